The lowest BCUT2D eigenvalue weighted by atomic mass is 9.96. The molecule has 1 heteroatoms. The smallest absolute Gasteiger partial charge is 0.0540 e. The van der Waals surface area contributed by atoms with Crippen LogP contribution in [-0.4, -0.2) is 0 Å². The first-order valence-corrected chi connectivity index (χ1v) is 18.3. The molecule has 0 aliphatic carbocycles. The highest BCUT2D eigenvalue weighted by molar-refractivity contribution is 6.12. The number of anilines is 3. The van der Waals surface area contributed by atoms with Gasteiger partial charge in [0, 0.05) is 16.8 Å². The van der Waals surface area contributed by atoms with E-state index >= 15 is 0 Å². The minimum Gasteiger partial charge on any atom is -0.310 e. The summed E-state index contributed by atoms with van der Waals surface area (Å²) >= 11 is 0. The molecule has 0 bridgehead atoms. The third-order valence-corrected chi connectivity index (χ3v) is 10.6. The van der Waals surface area contributed by atoms with E-state index in [1.807, 2.05) is 0 Å². The minimum absolute atomic E-state index is 1.11. The summed E-state index contributed by atoms with van der Waals surface area (Å²) < 4.78 is 0. The first-order valence-electron chi connectivity index (χ1n) is 18.3. The maximum atomic E-state index is 2.41. The molecular weight excluding hydrogens is 639 g/mol. The van der Waals surface area contributed by atoms with E-state index in [0.717, 1.165) is 17.1 Å². The molecule has 0 fully saturated rings. The Morgan fingerprint density at radius 2 is 0.792 bits per heavy atom. The molecule has 0 aliphatic rings. The van der Waals surface area contributed by atoms with E-state index in [4.69, 9.17) is 0 Å². The van der Waals surface area contributed by atoms with Crippen LogP contribution in [0, 0.1) is 0 Å². The normalized spacial score (nSPS) is 11.4. The Bertz CT molecular complexity index is 2930. The van der Waals surface area contributed by atoms with E-state index in [1.165, 1.54) is 76.5 Å². The van der Waals surface area contributed by atoms with Gasteiger partial charge in [-0.15, -0.1) is 0 Å². The predicted molar refractivity (Wildman–Crippen MR) is 227 cm³/mol. The van der Waals surface area contributed by atoms with Crippen LogP contribution in [0.25, 0.3) is 76.5 Å². The maximum Gasteiger partial charge on any atom is 0.0540 e. The Morgan fingerprint density at radius 1 is 0.245 bits per heavy atom. The molecule has 0 saturated carbocycles. The van der Waals surface area contributed by atoms with Gasteiger partial charge in [-0.25, -0.2) is 0 Å². The van der Waals surface area contributed by atoms with Gasteiger partial charge in [0.1, 0.15) is 0 Å². The van der Waals surface area contributed by atoms with Crippen molar-refractivity contribution in [2.24, 2.45) is 0 Å². The van der Waals surface area contributed by atoms with Gasteiger partial charge < -0.3 is 4.90 Å². The van der Waals surface area contributed by atoms with Crippen molar-refractivity contribution in [3.05, 3.63) is 212 Å². The molecule has 10 aromatic rings. The summed E-state index contributed by atoms with van der Waals surface area (Å²) in [6, 6.07) is 77.3. The molecule has 0 unspecified atom stereocenters. The molecule has 10 aromatic carbocycles. The van der Waals surface area contributed by atoms with Gasteiger partial charge in [0.25, 0.3) is 0 Å². The van der Waals surface area contributed by atoms with Crippen LogP contribution in [0.3, 0.4) is 0 Å². The topological polar surface area (TPSA) is 3.24 Å². The van der Waals surface area contributed by atoms with Gasteiger partial charge in [0.15, 0.2) is 0 Å². The minimum atomic E-state index is 1.11. The highest BCUT2D eigenvalue weighted by Crippen LogP contribution is 2.42. The lowest BCUT2D eigenvalue weighted by Crippen LogP contribution is -2.10. The summed E-state index contributed by atoms with van der Waals surface area (Å²) in [5.41, 5.74) is 10.6. The van der Waals surface area contributed by atoms with Crippen LogP contribution in [0.4, 0.5) is 17.1 Å². The molecule has 53 heavy (non-hydrogen) atoms. The highest BCUT2D eigenvalue weighted by Gasteiger charge is 2.17. The zero-order valence-corrected chi connectivity index (χ0v) is 29.2. The molecule has 0 aliphatic heterocycles. The first-order chi connectivity index (χ1) is 26.3. The van der Waals surface area contributed by atoms with E-state index in [-0.39, 0.29) is 0 Å². The fraction of sp³-hybridized carbons (Fsp3) is 0. The summed E-state index contributed by atoms with van der Waals surface area (Å²) in [5.74, 6) is 0. The summed E-state index contributed by atoms with van der Waals surface area (Å²) in [6.07, 6.45) is 0. The Kier molecular flexibility index (Phi) is 7.55. The van der Waals surface area contributed by atoms with E-state index in [1.54, 1.807) is 0 Å². The summed E-state index contributed by atoms with van der Waals surface area (Å²) in [4.78, 5) is 2.41. The van der Waals surface area contributed by atoms with Crippen LogP contribution in [0.15, 0.2) is 212 Å². The SMILES string of the molecule is c1cc(-c2ccc3ccccc3c2)cc(N(c2ccc(-c3ccc(-c4cccc5ccccc45)cc3)cc2)c2cccc3c2ccc2ccccc23)c1. The zero-order valence-electron chi connectivity index (χ0n) is 29.2. The van der Waals surface area contributed by atoms with Crippen molar-refractivity contribution in [2.45, 2.75) is 0 Å². The number of rotatable bonds is 6. The molecule has 0 saturated heterocycles. The number of fused-ring (bicyclic) bond motifs is 5. The molecular formula is C52H35N. The van der Waals surface area contributed by atoms with E-state index in [0.29, 0.717) is 0 Å². The van der Waals surface area contributed by atoms with Crippen molar-refractivity contribution in [3.63, 3.8) is 0 Å². The van der Waals surface area contributed by atoms with Crippen LogP contribution < -0.4 is 4.90 Å². The summed E-state index contributed by atoms with van der Waals surface area (Å²) in [5, 5.41) is 10.0. The predicted octanol–water partition coefficient (Wildman–Crippen LogP) is 14.8. The average molecular weight is 674 g/mol. The van der Waals surface area contributed by atoms with Gasteiger partial charge in [-0.3, -0.25) is 0 Å². The Hall–Kier alpha value is -6.96. The molecule has 0 spiro atoms. The van der Waals surface area contributed by atoms with Crippen LogP contribution >= 0.6 is 0 Å². The summed E-state index contributed by atoms with van der Waals surface area (Å²) in [7, 11) is 0. The molecule has 0 aromatic heterocycles. The van der Waals surface area contributed by atoms with Crippen molar-refractivity contribution in [1.29, 1.82) is 0 Å². The molecule has 0 radical (unpaired) electrons. The van der Waals surface area contributed by atoms with Crippen LogP contribution in [0.5, 0.6) is 0 Å². The molecule has 0 amide bonds. The van der Waals surface area contributed by atoms with Crippen molar-refractivity contribution >= 4 is 60.2 Å². The zero-order chi connectivity index (χ0) is 35.1. The van der Waals surface area contributed by atoms with Gasteiger partial charge in [-0.1, -0.05) is 176 Å². The second-order valence-electron chi connectivity index (χ2n) is 13.8. The van der Waals surface area contributed by atoms with Crippen molar-refractivity contribution in [1.82, 2.24) is 0 Å². The van der Waals surface area contributed by atoms with Gasteiger partial charge in [-0.2, -0.15) is 0 Å². The van der Waals surface area contributed by atoms with Gasteiger partial charge in [0.2, 0.25) is 0 Å². The molecule has 10 rings (SSSR count). The Balaban J connectivity index is 1.07. The van der Waals surface area contributed by atoms with E-state index in [9.17, 15) is 0 Å². The Morgan fingerprint density at radius 3 is 1.60 bits per heavy atom. The average Bonchev–Trinajstić information content (AvgIpc) is 3.24. The highest BCUT2D eigenvalue weighted by atomic mass is 15.1. The van der Waals surface area contributed by atoms with Gasteiger partial charge in [0.05, 0.1) is 5.69 Å². The monoisotopic (exact) mass is 673 g/mol. The van der Waals surface area contributed by atoms with Crippen molar-refractivity contribution in [3.8, 4) is 33.4 Å². The number of benzene rings is 10. The maximum absolute atomic E-state index is 2.41. The second-order valence-corrected chi connectivity index (χ2v) is 13.8. The van der Waals surface area contributed by atoms with Crippen molar-refractivity contribution < 1.29 is 0 Å². The number of hydrogen-bond donors (Lipinski definition) is 0. The largest absolute Gasteiger partial charge is 0.310 e. The third kappa shape index (κ3) is 5.60. The van der Waals surface area contributed by atoms with E-state index < -0.39 is 0 Å². The first kappa shape index (κ1) is 30.8. The van der Waals surface area contributed by atoms with Crippen LogP contribution in [0.1, 0.15) is 0 Å². The summed E-state index contributed by atoms with van der Waals surface area (Å²) in [6.45, 7) is 0. The van der Waals surface area contributed by atoms with Crippen molar-refractivity contribution in [2.75, 3.05) is 4.90 Å². The number of hydrogen-bond acceptors (Lipinski definition) is 1. The molecule has 0 N–H and O–H groups in total. The molecule has 1 nitrogen and oxygen atoms in total. The van der Waals surface area contributed by atoms with E-state index in [2.05, 4.69) is 217 Å². The van der Waals surface area contributed by atoms with Gasteiger partial charge in [-0.05, 0) is 107 Å². The van der Waals surface area contributed by atoms with Crippen LogP contribution in [0.2, 0.25) is 0 Å². The fourth-order valence-corrected chi connectivity index (χ4v) is 7.96. The molecule has 0 atom stereocenters. The standard InChI is InChI=1S/C52H35N/c1-2-13-42-34-44(27-24-36(42)10-1)43-15-7-16-46(35-43)53(52-21-9-20-50-49-18-6-4-12-40(49)30-33-51(50)52)45-31-28-38(29-32-45)37-22-25-41(26-23-37)48-19-8-14-39-11-3-5-17-47(39)48/h1-35H. The second kappa shape index (κ2) is 13.0. The quantitative estimate of drug-likeness (QED) is 0.159. The lowest BCUT2D eigenvalue weighted by molar-refractivity contribution is 1.30. The fourth-order valence-electron chi connectivity index (χ4n) is 7.96. The lowest BCUT2D eigenvalue weighted by Gasteiger charge is -2.28. The van der Waals surface area contributed by atoms with Gasteiger partial charge >= 0.3 is 0 Å². The van der Waals surface area contributed by atoms with Crippen LogP contribution in [-0.2, 0) is 0 Å². The number of nitrogens with zero attached hydrogens (tertiary/aromatic N) is 1. The molecule has 248 valence electrons. The third-order valence-electron chi connectivity index (χ3n) is 10.6. The molecule has 0 heterocycles. The Labute approximate surface area is 309 Å².